The van der Waals surface area contributed by atoms with Crippen molar-refractivity contribution in [1.82, 2.24) is 5.43 Å². The molecule has 0 radical (unpaired) electrons. The Morgan fingerprint density at radius 2 is 2.00 bits per heavy atom. The molecule has 1 amide bonds. The number of rotatable bonds is 6. The van der Waals surface area contributed by atoms with Crippen molar-refractivity contribution >= 4 is 34.8 Å². The van der Waals surface area contributed by atoms with E-state index in [9.17, 15) is 4.79 Å². The topological polar surface area (TPSA) is 50.7 Å². The first-order valence-corrected chi connectivity index (χ1v) is 6.74. The number of hydrogen-bond donors (Lipinski definition) is 1. The molecule has 0 atom stereocenters. The molecule has 104 valence electrons. The smallest absolute Gasteiger partial charge is 0.277 e. The van der Waals surface area contributed by atoms with Crippen LogP contribution in [0.5, 0.6) is 5.75 Å². The van der Waals surface area contributed by atoms with Crippen molar-refractivity contribution in [3.8, 4) is 5.75 Å². The third-order valence-corrected chi connectivity index (χ3v) is 2.94. The summed E-state index contributed by atoms with van der Waals surface area (Å²) in [5.74, 6) is 0.0850. The van der Waals surface area contributed by atoms with Gasteiger partial charge in [0.2, 0.25) is 0 Å². The standard InChI is InChI=1S/C13H16Cl2N2O2/c1-3-10(4-2)16-17-13(18)8-19-12-6-5-9(14)7-11(12)15/h5-7H,3-4,8H2,1-2H3,(H,17,18). The summed E-state index contributed by atoms with van der Waals surface area (Å²) in [6, 6.07) is 4.82. The maximum atomic E-state index is 11.5. The Kier molecular flexibility index (Phi) is 6.67. The van der Waals surface area contributed by atoms with Crippen LogP contribution in [0.15, 0.2) is 23.3 Å². The Bertz CT molecular complexity index is 470. The van der Waals surface area contributed by atoms with E-state index in [2.05, 4.69) is 10.5 Å². The maximum Gasteiger partial charge on any atom is 0.277 e. The zero-order valence-electron chi connectivity index (χ0n) is 10.9. The van der Waals surface area contributed by atoms with Gasteiger partial charge in [-0.1, -0.05) is 37.0 Å². The lowest BCUT2D eigenvalue weighted by atomic mass is 10.2. The second kappa shape index (κ2) is 8.02. The van der Waals surface area contributed by atoms with Crippen LogP contribution >= 0.6 is 23.2 Å². The minimum atomic E-state index is -0.328. The van der Waals surface area contributed by atoms with Crippen LogP contribution in [0.4, 0.5) is 0 Å². The van der Waals surface area contributed by atoms with Crippen LogP contribution in [0.1, 0.15) is 26.7 Å². The van der Waals surface area contributed by atoms with Crippen LogP contribution in [-0.2, 0) is 4.79 Å². The first-order chi connectivity index (χ1) is 9.06. The van der Waals surface area contributed by atoms with E-state index in [0.29, 0.717) is 15.8 Å². The second-order valence-electron chi connectivity index (χ2n) is 3.78. The number of carbonyl (C=O) groups is 1. The number of halogens is 2. The molecule has 0 aliphatic rings. The normalized spacial score (nSPS) is 9.89. The van der Waals surface area contributed by atoms with Crippen molar-refractivity contribution in [2.75, 3.05) is 6.61 Å². The number of hydrogen-bond acceptors (Lipinski definition) is 3. The molecule has 4 nitrogen and oxygen atoms in total. The fraction of sp³-hybridized carbons (Fsp3) is 0.385. The molecule has 1 N–H and O–H groups in total. The molecule has 1 aromatic rings. The minimum Gasteiger partial charge on any atom is -0.482 e. The van der Waals surface area contributed by atoms with Gasteiger partial charge >= 0.3 is 0 Å². The molecule has 6 heteroatoms. The Balaban J connectivity index is 2.48. The van der Waals surface area contributed by atoms with Crippen molar-refractivity contribution in [1.29, 1.82) is 0 Å². The van der Waals surface area contributed by atoms with Gasteiger partial charge in [0.15, 0.2) is 6.61 Å². The molecule has 1 rings (SSSR count). The molecule has 0 aliphatic heterocycles. The minimum absolute atomic E-state index is 0.147. The average molecular weight is 303 g/mol. The molecule has 0 heterocycles. The van der Waals surface area contributed by atoms with Gasteiger partial charge in [-0.3, -0.25) is 4.79 Å². The van der Waals surface area contributed by atoms with Gasteiger partial charge in [0.25, 0.3) is 5.91 Å². The number of ether oxygens (including phenoxy) is 1. The van der Waals surface area contributed by atoms with Crippen LogP contribution < -0.4 is 10.2 Å². The highest BCUT2D eigenvalue weighted by Gasteiger charge is 2.06. The van der Waals surface area contributed by atoms with E-state index in [4.69, 9.17) is 27.9 Å². The molecule has 0 saturated carbocycles. The largest absolute Gasteiger partial charge is 0.482 e. The van der Waals surface area contributed by atoms with Gasteiger partial charge in [-0.25, -0.2) is 5.43 Å². The van der Waals surface area contributed by atoms with Gasteiger partial charge in [0.1, 0.15) is 5.75 Å². The summed E-state index contributed by atoms with van der Waals surface area (Å²) in [6.07, 6.45) is 1.61. The summed E-state index contributed by atoms with van der Waals surface area (Å²) in [5, 5.41) is 4.88. The fourth-order valence-electron chi connectivity index (χ4n) is 1.32. The van der Waals surface area contributed by atoms with Crippen LogP contribution in [0, 0.1) is 0 Å². The maximum absolute atomic E-state index is 11.5. The molecule has 0 unspecified atom stereocenters. The van der Waals surface area contributed by atoms with Crippen molar-refractivity contribution in [2.24, 2.45) is 5.10 Å². The van der Waals surface area contributed by atoms with Gasteiger partial charge < -0.3 is 4.74 Å². The van der Waals surface area contributed by atoms with E-state index in [1.54, 1.807) is 18.2 Å². The van der Waals surface area contributed by atoms with E-state index in [-0.39, 0.29) is 12.5 Å². The lowest BCUT2D eigenvalue weighted by Gasteiger charge is -2.07. The van der Waals surface area contributed by atoms with Crippen molar-refractivity contribution in [3.63, 3.8) is 0 Å². The number of nitrogens with zero attached hydrogens (tertiary/aromatic N) is 1. The number of carbonyl (C=O) groups excluding carboxylic acids is 1. The quantitative estimate of drug-likeness (QED) is 0.644. The summed E-state index contributed by atoms with van der Waals surface area (Å²) in [4.78, 5) is 11.5. The van der Waals surface area contributed by atoms with E-state index in [0.717, 1.165) is 18.6 Å². The molecule has 0 aliphatic carbocycles. The van der Waals surface area contributed by atoms with Gasteiger partial charge in [0, 0.05) is 10.7 Å². The number of hydrazone groups is 1. The molecule has 0 saturated heterocycles. The predicted octanol–water partition coefficient (Wildman–Crippen LogP) is 3.66. The van der Waals surface area contributed by atoms with Crippen molar-refractivity contribution in [2.45, 2.75) is 26.7 Å². The fourth-order valence-corrected chi connectivity index (χ4v) is 1.78. The van der Waals surface area contributed by atoms with E-state index >= 15 is 0 Å². The zero-order valence-corrected chi connectivity index (χ0v) is 12.4. The summed E-state index contributed by atoms with van der Waals surface area (Å²) in [5.41, 5.74) is 3.37. The summed E-state index contributed by atoms with van der Waals surface area (Å²) < 4.78 is 5.28. The highest BCUT2D eigenvalue weighted by atomic mass is 35.5. The van der Waals surface area contributed by atoms with Crippen LogP contribution in [-0.4, -0.2) is 18.2 Å². The SMILES string of the molecule is CCC(CC)=NNC(=O)COc1ccc(Cl)cc1Cl. The highest BCUT2D eigenvalue weighted by molar-refractivity contribution is 6.35. The number of amides is 1. The molecular formula is C13H16Cl2N2O2. The van der Waals surface area contributed by atoms with Crippen LogP contribution in [0.25, 0.3) is 0 Å². The third-order valence-electron chi connectivity index (χ3n) is 2.41. The summed E-state index contributed by atoms with van der Waals surface area (Å²) >= 11 is 11.7. The predicted molar refractivity (Wildman–Crippen MR) is 78.1 cm³/mol. The van der Waals surface area contributed by atoms with E-state index < -0.39 is 0 Å². The Morgan fingerprint density at radius 3 is 2.58 bits per heavy atom. The molecule has 0 bridgehead atoms. The lowest BCUT2D eigenvalue weighted by molar-refractivity contribution is -0.123. The average Bonchev–Trinajstić information content (AvgIpc) is 2.39. The van der Waals surface area contributed by atoms with Gasteiger partial charge in [-0.2, -0.15) is 5.10 Å². The molecular weight excluding hydrogens is 287 g/mol. The Morgan fingerprint density at radius 1 is 1.32 bits per heavy atom. The van der Waals surface area contributed by atoms with E-state index in [1.807, 2.05) is 13.8 Å². The van der Waals surface area contributed by atoms with Gasteiger partial charge in [0.05, 0.1) is 5.02 Å². The monoisotopic (exact) mass is 302 g/mol. The van der Waals surface area contributed by atoms with Gasteiger partial charge in [-0.05, 0) is 31.0 Å². The van der Waals surface area contributed by atoms with E-state index in [1.165, 1.54) is 0 Å². The molecule has 0 fully saturated rings. The third kappa shape index (κ3) is 5.49. The number of benzene rings is 1. The van der Waals surface area contributed by atoms with Crippen molar-refractivity contribution < 1.29 is 9.53 Å². The highest BCUT2D eigenvalue weighted by Crippen LogP contribution is 2.27. The summed E-state index contributed by atoms with van der Waals surface area (Å²) in [7, 11) is 0. The zero-order chi connectivity index (χ0) is 14.3. The molecule has 0 spiro atoms. The molecule has 1 aromatic carbocycles. The van der Waals surface area contributed by atoms with Crippen LogP contribution in [0.3, 0.4) is 0 Å². The lowest BCUT2D eigenvalue weighted by Crippen LogP contribution is -2.25. The Labute approximate surface area is 122 Å². The first kappa shape index (κ1) is 15.8. The van der Waals surface area contributed by atoms with Crippen molar-refractivity contribution in [3.05, 3.63) is 28.2 Å². The summed E-state index contributed by atoms with van der Waals surface area (Å²) in [6.45, 7) is 3.82. The van der Waals surface area contributed by atoms with Crippen LogP contribution in [0.2, 0.25) is 10.0 Å². The van der Waals surface area contributed by atoms with Gasteiger partial charge in [-0.15, -0.1) is 0 Å². The molecule has 19 heavy (non-hydrogen) atoms. The Hall–Kier alpha value is -1.26. The number of nitrogens with one attached hydrogen (secondary N) is 1. The molecule has 0 aromatic heterocycles. The second-order valence-corrected chi connectivity index (χ2v) is 4.63. The first-order valence-electron chi connectivity index (χ1n) is 5.99.